The maximum atomic E-state index is 5.81. The van der Waals surface area contributed by atoms with Crippen LogP contribution in [0.4, 0.5) is 0 Å². The fourth-order valence-corrected chi connectivity index (χ4v) is 2.83. The summed E-state index contributed by atoms with van der Waals surface area (Å²) in [7, 11) is 2.07. The third kappa shape index (κ3) is 2.97. The average molecular weight is 335 g/mol. The van der Waals surface area contributed by atoms with Gasteiger partial charge in [-0.2, -0.15) is 4.98 Å². The van der Waals surface area contributed by atoms with Crippen LogP contribution >= 0.6 is 12.4 Å². The molecule has 0 spiro atoms. The van der Waals surface area contributed by atoms with Gasteiger partial charge in [0.15, 0.2) is 11.6 Å². The summed E-state index contributed by atoms with van der Waals surface area (Å²) in [4.78, 5) is 6.75. The van der Waals surface area contributed by atoms with Crippen LogP contribution < -0.4 is 5.32 Å². The van der Waals surface area contributed by atoms with Gasteiger partial charge in [-0.3, -0.25) is 4.90 Å². The summed E-state index contributed by atoms with van der Waals surface area (Å²) in [6.07, 6.45) is 0. The second kappa shape index (κ2) is 6.31. The molecule has 7 heteroatoms. The largest absolute Gasteiger partial charge is 0.451 e. The third-order valence-electron chi connectivity index (χ3n) is 4.13. The van der Waals surface area contributed by atoms with Crippen LogP contribution in [0, 0.1) is 6.92 Å². The first-order chi connectivity index (χ1) is 10.7. The molecule has 2 aromatic heterocycles. The smallest absolute Gasteiger partial charge is 0.293 e. The van der Waals surface area contributed by atoms with E-state index in [0.29, 0.717) is 17.5 Å². The lowest BCUT2D eigenvalue weighted by atomic mass is 10.2. The summed E-state index contributed by atoms with van der Waals surface area (Å²) in [6, 6.07) is 8.15. The number of nitrogens with zero attached hydrogens (tertiary/aromatic N) is 3. The second-order valence-corrected chi connectivity index (χ2v) is 5.81. The molecule has 0 amide bonds. The Hall–Kier alpha value is -1.89. The van der Waals surface area contributed by atoms with Crippen molar-refractivity contribution >= 4 is 23.4 Å². The highest BCUT2D eigenvalue weighted by molar-refractivity contribution is 5.85. The van der Waals surface area contributed by atoms with E-state index in [0.717, 1.165) is 30.6 Å². The van der Waals surface area contributed by atoms with Gasteiger partial charge in [0.2, 0.25) is 0 Å². The SMILES string of the molecule is Cc1ccc2oc(-c3nc(C4CNCCN4C)no3)cc2c1.Cl. The van der Waals surface area contributed by atoms with Crippen LogP contribution in [-0.2, 0) is 0 Å². The molecule has 0 aliphatic carbocycles. The number of furan rings is 1. The highest BCUT2D eigenvalue weighted by Crippen LogP contribution is 2.28. The standard InChI is InChI=1S/C16H18N4O2.ClH/c1-10-3-4-13-11(7-10)8-14(21-13)16-18-15(19-22-16)12-9-17-5-6-20(12)2;/h3-4,7-8,12,17H,5-6,9H2,1-2H3;1H. The quantitative estimate of drug-likeness (QED) is 0.777. The molecular weight excluding hydrogens is 316 g/mol. The van der Waals surface area contributed by atoms with Crippen molar-refractivity contribution in [1.29, 1.82) is 0 Å². The van der Waals surface area contributed by atoms with Crippen LogP contribution in [-0.4, -0.2) is 41.7 Å². The van der Waals surface area contributed by atoms with Gasteiger partial charge in [0.05, 0.1) is 6.04 Å². The zero-order valence-electron chi connectivity index (χ0n) is 13.1. The van der Waals surface area contributed by atoms with E-state index in [-0.39, 0.29) is 18.4 Å². The van der Waals surface area contributed by atoms with Gasteiger partial charge in [0.25, 0.3) is 5.89 Å². The molecule has 3 heterocycles. The zero-order chi connectivity index (χ0) is 15.1. The van der Waals surface area contributed by atoms with E-state index >= 15 is 0 Å². The maximum absolute atomic E-state index is 5.81. The van der Waals surface area contributed by atoms with Gasteiger partial charge >= 0.3 is 0 Å². The van der Waals surface area contributed by atoms with E-state index in [1.807, 2.05) is 18.2 Å². The summed E-state index contributed by atoms with van der Waals surface area (Å²) >= 11 is 0. The molecule has 4 rings (SSSR count). The van der Waals surface area contributed by atoms with Crippen molar-refractivity contribution in [3.63, 3.8) is 0 Å². The van der Waals surface area contributed by atoms with E-state index in [1.165, 1.54) is 5.56 Å². The van der Waals surface area contributed by atoms with E-state index in [9.17, 15) is 0 Å². The molecular formula is C16H19ClN4O2. The van der Waals surface area contributed by atoms with Gasteiger partial charge in [0.1, 0.15) is 5.58 Å². The minimum Gasteiger partial charge on any atom is -0.451 e. The van der Waals surface area contributed by atoms with E-state index < -0.39 is 0 Å². The first-order valence-electron chi connectivity index (χ1n) is 7.46. The lowest BCUT2D eigenvalue weighted by Crippen LogP contribution is -2.44. The summed E-state index contributed by atoms with van der Waals surface area (Å²) in [5.74, 6) is 1.75. The molecule has 0 saturated carbocycles. The van der Waals surface area contributed by atoms with Crippen molar-refractivity contribution in [3.05, 3.63) is 35.7 Å². The number of hydrogen-bond acceptors (Lipinski definition) is 6. The number of benzene rings is 1. The maximum Gasteiger partial charge on any atom is 0.293 e. The van der Waals surface area contributed by atoms with Crippen molar-refractivity contribution in [2.24, 2.45) is 0 Å². The minimum absolute atomic E-state index is 0. The Morgan fingerprint density at radius 1 is 1.30 bits per heavy atom. The Morgan fingerprint density at radius 2 is 2.17 bits per heavy atom. The molecule has 23 heavy (non-hydrogen) atoms. The Bertz CT molecular complexity index is 813. The van der Waals surface area contributed by atoms with Gasteiger partial charge in [0, 0.05) is 25.0 Å². The molecule has 0 radical (unpaired) electrons. The Morgan fingerprint density at radius 3 is 3.00 bits per heavy atom. The number of halogens is 1. The normalized spacial score (nSPS) is 19.0. The van der Waals surface area contributed by atoms with Crippen LogP contribution in [0.15, 0.2) is 33.2 Å². The molecule has 0 bridgehead atoms. The number of rotatable bonds is 2. The highest BCUT2D eigenvalue weighted by atomic mass is 35.5. The first-order valence-corrected chi connectivity index (χ1v) is 7.46. The average Bonchev–Trinajstić information content (AvgIpc) is 3.13. The predicted molar refractivity (Wildman–Crippen MR) is 89.7 cm³/mol. The number of hydrogen-bond donors (Lipinski definition) is 1. The Balaban J connectivity index is 0.00000156. The number of piperazine rings is 1. The lowest BCUT2D eigenvalue weighted by Gasteiger charge is -2.30. The number of aromatic nitrogens is 2. The van der Waals surface area contributed by atoms with Crippen LogP contribution in [0.2, 0.25) is 0 Å². The third-order valence-corrected chi connectivity index (χ3v) is 4.13. The number of fused-ring (bicyclic) bond motifs is 1. The van der Waals surface area contributed by atoms with Gasteiger partial charge in [-0.1, -0.05) is 16.8 Å². The van der Waals surface area contributed by atoms with Crippen LogP contribution in [0.5, 0.6) is 0 Å². The molecule has 1 unspecified atom stereocenters. The molecule has 1 aromatic carbocycles. The van der Waals surface area contributed by atoms with Crippen molar-refractivity contribution in [2.45, 2.75) is 13.0 Å². The minimum atomic E-state index is 0. The monoisotopic (exact) mass is 334 g/mol. The van der Waals surface area contributed by atoms with Gasteiger partial charge < -0.3 is 14.3 Å². The highest BCUT2D eigenvalue weighted by Gasteiger charge is 2.26. The predicted octanol–water partition coefficient (Wildman–Crippen LogP) is 2.79. The van der Waals surface area contributed by atoms with Gasteiger partial charge in [-0.25, -0.2) is 0 Å². The van der Waals surface area contributed by atoms with E-state index in [4.69, 9.17) is 8.94 Å². The van der Waals surface area contributed by atoms with Gasteiger partial charge in [-0.15, -0.1) is 12.4 Å². The van der Waals surface area contributed by atoms with E-state index in [1.54, 1.807) is 0 Å². The van der Waals surface area contributed by atoms with Crippen molar-refractivity contribution in [1.82, 2.24) is 20.4 Å². The summed E-state index contributed by atoms with van der Waals surface area (Å²) in [5.41, 5.74) is 2.03. The molecule has 1 aliphatic rings. The van der Waals surface area contributed by atoms with Gasteiger partial charge in [-0.05, 0) is 32.2 Å². The van der Waals surface area contributed by atoms with E-state index in [2.05, 4.69) is 40.4 Å². The molecule has 1 atom stereocenters. The fraction of sp³-hybridized carbons (Fsp3) is 0.375. The lowest BCUT2D eigenvalue weighted by molar-refractivity contribution is 0.190. The molecule has 1 fully saturated rings. The van der Waals surface area contributed by atoms with Crippen molar-refractivity contribution in [2.75, 3.05) is 26.7 Å². The summed E-state index contributed by atoms with van der Waals surface area (Å²) in [5, 5.41) is 8.53. The Labute approximate surface area is 140 Å². The van der Waals surface area contributed by atoms with Crippen LogP contribution in [0.1, 0.15) is 17.4 Å². The number of nitrogens with one attached hydrogen (secondary N) is 1. The molecule has 1 saturated heterocycles. The van der Waals surface area contributed by atoms with Crippen molar-refractivity contribution in [3.8, 4) is 11.7 Å². The molecule has 3 aromatic rings. The summed E-state index contributed by atoms with van der Waals surface area (Å²) < 4.78 is 11.2. The Kier molecular flexibility index (Phi) is 4.39. The summed E-state index contributed by atoms with van der Waals surface area (Å²) in [6.45, 7) is 4.84. The van der Waals surface area contributed by atoms with Crippen LogP contribution in [0.25, 0.3) is 22.6 Å². The van der Waals surface area contributed by atoms with Crippen molar-refractivity contribution < 1.29 is 8.94 Å². The molecule has 1 N–H and O–H groups in total. The van der Waals surface area contributed by atoms with Crippen LogP contribution in [0.3, 0.4) is 0 Å². The second-order valence-electron chi connectivity index (χ2n) is 5.81. The number of likely N-dealkylation sites (N-methyl/N-ethyl adjacent to an activating group) is 1. The zero-order valence-corrected chi connectivity index (χ0v) is 13.9. The first kappa shape index (κ1) is 16.0. The topological polar surface area (TPSA) is 67.3 Å². The molecule has 1 aliphatic heterocycles. The molecule has 122 valence electrons. The molecule has 6 nitrogen and oxygen atoms in total. The number of aryl methyl sites for hydroxylation is 1. The fourth-order valence-electron chi connectivity index (χ4n) is 2.83.